The Labute approximate surface area is 220 Å². The number of hydrogen-bond donors (Lipinski definition) is 4. The van der Waals surface area contributed by atoms with Crippen molar-refractivity contribution in [2.24, 2.45) is 5.92 Å². The topological polar surface area (TPSA) is 172 Å². The van der Waals surface area contributed by atoms with Gasteiger partial charge in [0.25, 0.3) is 5.56 Å². The van der Waals surface area contributed by atoms with Crippen molar-refractivity contribution in [3.05, 3.63) is 34.6 Å². The Morgan fingerprint density at radius 2 is 2.05 bits per heavy atom. The highest BCUT2D eigenvalue weighted by Crippen LogP contribution is 2.30. The van der Waals surface area contributed by atoms with E-state index in [-0.39, 0.29) is 23.8 Å². The molecule has 3 heterocycles. The van der Waals surface area contributed by atoms with E-state index in [1.807, 2.05) is 11.8 Å². The molecular weight excluding hydrogens is 492 g/mol. The van der Waals surface area contributed by atoms with Gasteiger partial charge >= 0.3 is 6.09 Å². The van der Waals surface area contributed by atoms with Gasteiger partial charge < -0.3 is 40.4 Å². The summed E-state index contributed by atoms with van der Waals surface area (Å²) in [6.07, 6.45) is -0.187. The molecule has 1 unspecified atom stereocenters. The first-order valence-corrected chi connectivity index (χ1v) is 12.5. The molecule has 2 aromatic heterocycles. The van der Waals surface area contributed by atoms with Gasteiger partial charge in [-0.3, -0.25) is 4.79 Å². The Morgan fingerprint density at radius 3 is 2.76 bits per heavy atom. The summed E-state index contributed by atoms with van der Waals surface area (Å²) in [6, 6.07) is 6.60. The normalized spacial score (nSPS) is 16.6. The van der Waals surface area contributed by atoms with Gasteiger partial charge in [0.1, 0.15) is 11.3 Å². The van der Waals surface area contributed by atoms with Gasteiger partial charge in [-0.05, 0) is 31.4 Å². The zero-order valence-corrected chi connectivity index (χ0v) is 22.0. The number of hydrogen-bond acceptors (Lipinski definition) is 10. The Bertz CT molecular complexity index is 1350. The lowest BCUT2D eigenvalue weighted by Crippen LogP contribution is -2.55. The average Bonchev–Trinajstić information content (AvgIpc) is 2.84. The molecule has 13 nitrogen and oxygen atoms in total. The number of nitrogens with one attached hydrogen (secondary N) is 2. The number of H-pyrrole nitrogens is 1. The van der Waals surface area contributed by atoms with Crippen molar-refractivity contribution in [3.8, 4) is 11.6 Å². The van der Waals surface area contributed by atoms with E-state index in [0.717, 1.165) is 6.42 Å². The molecule has 0 saturated carbocycles. The van der Waals surface area contributed by atoms with Crippen molar-refractivity contribution >= 4 is 34.7 Å². The Balaban J connectivity index is 1.70. The van der Waals surface area contributed by atoms with Crippen LogP contribution in [-0.4, -0.2) is 81.5 Å². The molecule has 3 aromatic rings. The molecule has 2 atom stereocenters. The van der Waals surface area contributed by atoms with Crippen LogP contribution in [0.5, 0.6) is 11.6 Å². The third-order valence-electron chi connectivity index (χ3n) is 6.20. The lowest BCUT2D eigenvalue weighted by atomic mass is 10.0. The van der Waals surface area contributed by atoms with Crippen LogP contribution in [0.25, 0.3) is 11.0 Å². The molecule has 1 aromatic carbocycles. The van der Waals surface area contributed by atoms with Crippen LogP contribution >= 0.6 is 0 Å². The van der Waals surface area contributed by atoms with Crippen LogP contribution in [0.4, 0.5) is 22.4 Å². The van der Waals surface area contributed by atoms with E-state index in [9.17, 15) is 14.7 Å². The predicted molar refractivity (Wildman–Crippen MR) is 144 cm³/mol. The summed E-state index contributed by atoms with van der Waals surface area (Å²) in [5.74, 6) is 1.71. The van der Waals surface area contributed by atoms with Crippen molar-refractivity contribution in [2.45, 2.75) is 39.3 Å². The maximum atomic E-state index is 11.9. The number of aromatic amines is 1. The van der Waals surface area contributed by atoms with Gasteiger partial charge in [0.2, 0.25) is 11.8 Å². The summed E-state index contributed by atoms with van der Waals surface area (Å²) in [7, 11) is 1.62. The summed E-state index contributed by atoms with van der Waals surface area (Å²) in [6.45, 7) is 7.85. The second kappa shape index (κ2) is 11.5. The molecule has 1 amide bonds. The van der Waals surface area contributed by atoms with E-state index in [0.29, 0.717) is 60.7 Å². The van der Waals surface area contributed by atoms with E-state index < -0.39 is 11.7 Å². The number of para-hydroxylation sites is 1. The fraction of sp³-hybridized carbons (Fsp3) is 0.480. The Kier molecular flexibility index (Phi) is 8.15. The predicted octanol–water partition coefficient (Wildman–Crippen LogP) is 2.75. The summed E-state index contributed by atoms with van der Waals surface area (Å²) < 4.78 is 11.4. The number of methoxy groups -OCH3 is 1. The maximum absolute atomic E-state index is 11.9. The lowest BCUT2D eigenvalue weighted by molar-refractivity contribution is 0.111. The Morgan fingerprint density at radius 1 is 1.26 bits per heavy atom. The smallest absolute Gasteiger partial charge is 0.407 e. The number of piperazine rings is 1. The molecular formula is C25H34N8O5. The fourth-order valence-electron chi connectivity index (χ4n) is 4.56. The van der Waals surface area contributed by atoms with E-state index in [1.54, 1.807) is 31.4 Å². The molecule has 5 N–H and O–H groups in total. The van der Waals surface area contributed by atoms with Gasteiger partial charge in [0.05, 0.1) is 18.2 Å². The van der Waals surface area contributed by atoms with Crippen LogP contribution in [0.1, 0.15) is 27.2 Å². The number of rotatable bonds is 9. The summed E-state index contributed by atoms with van der Waals surface area (Å²) in [4.78, 5) is 43.4. The maximum Gasteiger partial charge on any atom is 0.407 e. The Hall–Kier alpha value is -4.13. The zero-order valence-electron chi connectivity index (χ0n) is 22.0. The van der Waals surface area contributed by atoms with Gasteiger partial charge in [-0.15, -0.1) is 0 Å². The first kappa shape index (κ1) is 26.9. The van der Waals surface area contributed by atoms with Gasteiger partial charge in [0, 0.05) is 38.9 Å². The van der Waals surface area contributed by atoms with Crippen molar-refractivity contribution in [1.82, 2.24) is 24.8 Å². The molecule has 0 bridgehead atoms. The van der Waals surface area contributed by atoms with E-state index in [1.165, 1.54) is 4.90 Å². The fourth-order valence-corrected chi connectivity index (χ4v) is 4.56. The SMILES string of the molecule is COC[C@H](C)Nc1nc(Oc2cccc3[nH]c(=O)c(N)nc23)cc(N2CCN(C(=O)O)C(CC(C)C)C2)n1. The van der Waals surface area contributed by atoms with Crippen LogP contribution in [0.15, 0.2) is 29.1 Å². The number of nitrogens with two attached hydrogens (primary N) is 1. The number of aromatic nitrogens is 4. The standard InChI is InChI=1S/C25H34N8O5/c1-14(2)10-16-12-32(8-9-33(16)25(35)36)19-11-20(30-24(29-19)27-15(3)13-37-4)38-18-7-5-6-17-21(18)31-22(26)23(34)28-17/h5-7,11,14-16H,8-10,12-13H2,1-4H3,(H2,26,31)(H,28,34)(H,35,36)(H,27,29,30)/t15-,16?/m0/s1. The summed E-state index contributed by atoms with van der Waals surface area (Å²) in [5, 5.41) is 12.9. The third kappa shape index (κ3) is 6.22. The molecule has 204 valence electrons. The second-order valence-electron chi connectivity index (χ2n) is 9.80. The summed E-state index contributed by atoms with van der Waals surface area (Å²) >= 11 is 0. The lowest BCUT2D eigenvalue weighted by Gasteiger charge is -2.41. The van der Waals surface area contributed by atoms with Gasteiger partial charge in [-0.2, -0.15) is 9.97 Å². The monoisotopic (exact) mass is 526 g/mol. The number of fused-ring (bicyclic) bond motifs is 1. The average molecular weight is 527 g/mol. The van der Waals surface area contributed by atoms with Crippen LogP contribution in [0.2, 0.25) is 0 Å². The molecule has 1 aliphatic heterocycles. The van der Waals surface area contributed by atoms with Crippen molar-refractivity contribution in [2.75, 3.05) is 49.3 Å². The van der Waals surface area contributed by atoms with Gasteiger partial charge in [-0.25, -0.2) is 9.78 Å². The largest absolute Gasteiger partial charge is 0.465 e. The molecule has 1 aliphatic rings. The first-order valence-electron chi connectivity index (χ1n) is 12.5. The minimum absolute atomic E-state index is 0.0789. The van der Waals surface area contributed by atoms with Gasteiger partial charge in [-0.1, -0.05) is 19.9 Å². The van der Waals surface area contributed by atoms with Crippen LogP contribution < -0.4 is 26.2 Å². The number of amides is 1. The number of ether oxygens (including phenoxy) is 2. The van der Waals surface area contributed by atoms with E-state index in [4.69, 9.17) is 20.2 Å². The number of carboxylic acid groups (broad SMARTS) is 1. The molecule has 4 rings (SSSR count). The quantitative estimate of drug-likeness (QED) is 0.323. The van der Waals surface area contributed by atoms with Crippen molar-refractivity contribution in [3.63, 3.8) is 0 Å². The number of benzene rings is 1. The minimum atomic E-state index is -0.918. The third-order valence-corrected chi connectivity index (χ3v) is 6.20. The molecule has 0 radical (unpaired) electrons. The number of nitrogens with zero attached hydrogens (tertiary/aromatic N) is 5. The van der Waals surface area contributed by atoms with Crippen molar-refractivity contribution in [1.29, 1.82) is 0 Å². The molecule has 0 aliphatic carbocycles. The molecule has 1 fully saturated rings. The minimum Gasteiger partial charge on any atom is -0.465 e. The number of carbonyl (C=O) groups is 1. The molecule has 38 heavy (non-hydrogen) atoms. The highest BCUT2D eigenvalue weighted by atomic mass is 16.5. The van der Waals surface area contributed by atoms with Crippen molar-refractivity contribution < 1.29 is 19.4 Å². The first-order chi connectivity index (χ1) is 18.1. The second-order valence-corrected chi connectivity index (χ2v) is 9.80. The highest BCUT2D eigenvalue weighted by molar-refractivity contribution is 5.82. The summed E-state index contributed by atoms with van der Waals surface area (Å²) in [5.41, 5.74) is 6.13. The molecule has 0 spiro atoms. The van der Waals surface area contributed by atoms with Crippen LogP contribution in [-0.2, 0) is 4.74 Å². The number of nitrogen functional groups attached to an aromatic ring is 1. The van der Waals surface area contributed by atoms with Crippen LogP contribution in [0.3, 0.4) is 0 Å². The zero-order chi connectivity index (χ0) is 27.4. The highest BCUT2D eigenvalue weighted by Gasteiger charge is 2.32. The van der Waals surface area contributed by atoms with E-state index >= 15 is 0 Å². The van der Waals surface area contributed by atoms with Gasteiger partial charge in [0.15, 0.2) is 11.6 Å². The number of anilines is 3. The van der Waals surface area contributed by atoms with Crippen LogP contribution in [0, 0.1) is 5.92 Å². The molecule has 1 saturated heterocycles. The molecule has 13 heteroatoms. The van der Waals surface area contributed by atoms with E-state index in [2.05, 4.69) is 34.1 Å².